The Hall–Kier alpha value is -2.09. The number of carbonyl (C=O) groups is 1. The normalized spacial score (nSPS) is 10.7. The second-order valence-corrected chi connectivity index (χ2v) is 5.44. The molecule has 0 N–H and O–H groups in total. The molecule has 0 fully saturated rings. The van der Waals surface area contributed by atoms with Crippen LogP contribution in [0.5, 0.6) is 11.5 Å². The molecule has 2 aromatic rings. The van der Waals surface area contributed by atoms with Gasteiger partial charge in [-0.3, -0.25) is 4.79 Å². The number of aryl methyl sites for hydroxylation is 2. The van der Waals surface area contributed by atoms with Gasteiger partial charge in [0.05, 0.1) is 0 Å². The summed E-state index contributed by atoms with van der Waals surface area (Å²) < 4.78 is 6.07. The molecule has 2 nitrogen and oxygen atoms in total. The van der Waals surface area contributed by atoms with Gasteiger partial charge in [0.25, 0.3) is 0 Å². The lowest BCUT2D eigenvalue weighted by atomic mass is 10.0. The van der Waals surface area contributed by atoms with Gasteiger partial charge in [-0.15, -0.1) is 0 Å². The van der Waals surface area contributed by atoms with Crippen LogP contribution in [0.3, 0.4) is 0 Å². The number of rotatable bonds is 4. The lowest BCUT2D eigenvalue weighted by molar-refractivity contribution is 0.112. The van der Waals surface area contributed by atoms with Gasteiger partial charge in [-0.05, 0) is 48.6 Å². The molecule has 0 aromatic heterocycles. The molecule has 104 valence electrons. The average Bonchev–Trinajstić information content (AvgIpc) is 2.41. The molecule has 20 heavy (non-hydrogen) atoms. The molecule has 0 saturated carbocycles. The van der Waals surface area contributed by atoms with Gasteiger partial charge in [0.1, 0.15) is 17.8 Å². The van der Waals surface area contributed by atoms with E-state index in [9.17, 15) is 4.79 Å². The van der Waals surface area contributed by atoms with E-state index in [2.05, 4.69) is 26.0 Å². The Balaban J connectivity index is 2.43. The van der Waals surface area contributed by atoms with Crippen molar-refractivity contribution in [3.05, 3.63) is 58.7 Å². The van der Waals surface area contributed by atoms with Crippen molar-refractivity contribution < 1.29 is 9.53 Å². The lowest BCUT2D eigenvalue weighted by Crippen LogP contribution is -1.96. The van der Waals surface area contributed by atoms with Crippen molar-refractivity contribution in [3.8, 4) is 11.5 Å². The Morgan fingerprint density at radius 2 is 1.75 bits per heavy atom. The summed E-state index contributed by atoms with van der Waals surface area (Å²) in [4.78, 5) is 10.9. The summed E-state index contributed by atoms with van der Waals surface area (Å²) in [7, 11) is 0. The molecule has 0 spiro atoms. The largest absolute Gasteiger partial charge is 0.457 e. The zero-order valence-corrected chi connectivity index (χ0v) is 12.4. The maximum atomic E-state index is 10.9. The van der Waals surface area contributed by atoms with Crippen molar-refractivity contribution in [3.63, 3.8) is 0 Å². The highest BCUT2D eigenvalue weighted by atomic mass is 16.5. The third kappa shape index (κ3) is 3.08. The summed E-state index contributed by atoms with van der Waals surface area (Å²) in [5, 5.41) is 0. The molecule has 0 aliphatic rings. The van der Waals surface area contributed by atoms with Crippen LogP contribution in [-0.2, 0) is 0 Å². The Morgan fingerprint density at radius 3 is 2.40 bits per heavy atom. The van der Waals surface area contributed by atoms with Gasteiger partial charge in [-0.1, -0.05) is 38.1 Å². The lowest BCUT2D eigenvalue weighted by Gasteiger charge is -2.16. The first-order valence-corrected chi connectivity index (χ1v) is 6.85. The summed E-state index contributed by atoms with van der Waals surface area (Å²) in [6.45, 7) is 8.32. The quantitative estimate of drug-likeness (QED) is 0.727. The minimum Gasteiger partial charge on any atom is -0.457 e. The van der Waals surface area contributed by atoms with Crippen LogP contribution in [0.1, 0.15) is 46.8 Å². The molecule has 2 heteroatoms. The molecular formula is C18H20O2. The third-order valence-electron chi connectivity index (χ3n) is 3.36. The van der Waals surface area contributed by atoms with E-state index < -0.39 is 0 Å². The number of ether oxygens (including phenoxy) is 1. The predicted octanol–water partition coefficient (Wildman–Crippen LogP) is 5.03. The van der Waals surface area contributed by atoms with E-state index in [1.807, 2.05) is 26.0 Å². The van der Waals surface area contributed by atoms with Crippen molar-refractivity contribution in [2.45, 2.75) is 33.6 Å². The molecule has 0 aliphatic heterocycles. The van der Waals surface area contributed by atoms with Crippen LogP contribution in [0.25, 0.3) is 0 Å². The number of carbonyl (C=O) groups excluding carboxylic acids is 1. The number of aldehydes is 1. The average molecular weight is 268 g/mol. The van der Waals surface area contributed by atoms with Gasteiger partial charge in [0.15, 0.2) is 0 Å². The standard InChI is InChI=1S/C18H20O2/c1-12(2)16-8-5-13(3)9-18(16)20-17-10-15(11-19)7-6-14(17)4/h5-12H,1-4H3. The summed E-state index contributed by atoms with van der Waals surface area (Å²) in [5.74, 6) is 1.99. The second kappa shape index (κ2) is 5.91. The van der Waals surface area contributed by atoms with Crippen LogP contribution in [-0.4, -0.2) is 6.29 Å². The van der Waals surface area contributed by atoms with E-state index in [0.717, 1.165) is 28.9 Å². The Morgan fingerprint density at radius 1 is 1.00 bits per heavy atom. The number of hydrogen-bond donors (Lipinski definition) is 0. The molecule has 0 aliphatic carbocycles. The molecule has 0 bridgehead atoms. The van der Waals surface area contributed by atoms with E-state index >= 15 is 0 Å². The highest BCUT2D eigenvalue weighted by Crippen LogP contribution is 2.33. The van der Waals surface area contributed by atoms with E-state index in [1.54, 1.807) is 12.1 Å². The van der Waals surface area contributed by atoms with Crippen molar-refractivity contribution in [2.24, 2.45) is 0 Å². The Labute approximate surface area is 120 Å². The fraction of sp³-hybridized carbons (Fsp3) is 0.278. The fourth-order valence-corrected chi connectivity index (χ4v) is 2.13. The minimum absolute atomic E-state index is 0.389. The highest BCUT2D eigenvalue weighted by Gasteiger charge is 2.10. The van der Waals surface area contributed by atoms with Crippen LogP contribution in [0.15, 0.2) is 36.4 Å². The van der Waals surface area contributed by atoms with Crippen molar-refractivity contribution in [2.75, 3.05) is 0 Å². The van der Waals surface area contributed by atoms with Gasteiger partial charge in [-0.25, -0.2) is 0 Å². The first-order valence-electron chi connectivity index (χ1n) is 6.85. The molecule has 0 atom stereocenters. The molecule has 0 amide bonds. The maximum Gasteiger partial charge on any atom is 0.150 e. The zero-order valence-electron chi connectivity index (χ0n) is 12.4. The van der Waals surface area contributed by atoms with E-state index in [-0.39, 0.29) is 0 Å². The molecule has 0 radical (unpaired) electrons. The van der Waals surface area contributed by atoms with Crippen LogP contribution in [0.2, 0.25) is 0 Å². The van der Waals surface area contributed by atoms with Crippen molar-refractivity contribution >= 4 is 6.29 Å². The second-order valence-electron chi connectivity index (χ2n) is 5.44. The molecule has 0 saturated heterocycles. The molecule has 0 unspecified atom stereocenters. The monoisotopic (exact) mass is 268 g/mol. The summed E-state index contributed by atoms with van der Waals surface area (Å²) in [6.07, 6.45) is 0.839. The Kier molecular flexibility index (Phi) is 4.23. The summed E-state index contributed by atoms with van der Waals surface area (Å²) in [5.41, 5.74) is 3.98. The van der Waals surface area contributed by atoms with E-state index in [0.29, 0.717) is 11.5 Å². The van der Waals surface area contributed by atoms with Crippen molar-refractivity contribution in [1.29, 1.82) is 0 Å². The van der Waals surface area contributed by atoms with E-state index in [1.165, 1.54) is 5.56 Å². The first kappa shape index (κ1) is 14.3. The van der Waals surface area contributed by atoms with Gasteiger partial charge in [0, 0.05) is 5.56 Å². The fourth-order valence-electron chi connectivity index (χ4n) is 2.13. The highest BCUT2D eigenvalue weighted by molar-refractivity contribution is 5.76. The van der Waals surface area contributed by atoms with Gasteiger partial charge < -0.3 is 4.74 Å². The van der Waals surface area contributed by atoms with Crippen LogP contribution in [0.4, 0.5) is 0 Å². The van der Waals surface area contributed by atoms with Crippen LogP contribution in [0, 0.1) is 13.8 Å². The smallest absolute Gasteiger partial charge is 0.150 e. The van der Waals surface area contributed by atoms with Crippen molar-refractivity contribution in [1.82, 2.24) is 0 Å². The molecular weight excluding hydrogens is 248 g/mol. The molecule has 2 rings (SSSR count). The maximum absolute atomic E-state index is 10.9. The predicted molar refractivity (Wildman–Crippen MR) is 81.9 cm³/mol. The zero-order chi connectivity index (χ0) is 14.7. The van der Waals surface area contributed by atoms with Gasteiger partial charge in [0.2, 0.25) is 0 Å². The van der Waals surface area contributed by atoms with Gasteiger partial charge >= 0.3 is 0 Å². The van der Waals surface area contributed by atoms with Crippen LogP contribution < -0.4 is 4.74 Å². The van der Waals surface area contributed by atoms with Gasteiger partial charge in [-0.2, -0.15) is 0 Å². The molecule has 0 heterocycles. The Bertz CT molecular complexity index is 627. The van der Waals surface area contributed by atoms with E-state index in [4.69, 9.17) is 4.74 Å². The molecule has 2 aromatic carbocycles. The summed E-state index contributed by atoms with van der Waals surface area (Å²) >= 11 is 0. The minimum atomic E-state index is 0.389. The van der Waals surface area contributed by atoms with Crippen LogP contribution >= 0.6 is 0 Å². The topological polar surface area (TPSA) is 26.3 Å². The number of hydrogen-bond acceptors (Lipinski definition) is 2. The summed E-state index contributed by atoms with van der Waals surface area (Å²) in [6, 6.07) is 11.7. The third-order valence-corrected chi connectivity index (χ3v) is 3.36. The number of benzene rings is 2. The SMILES string of the molecule is Cc1ccc(C(C)C)c(Oc2cc(C=O)ccc2C)c1. The first-order chi connectivity index (χ1) is 9.51.